The van der Waals surface area contributed by atoms with E-state index in [-0.39, 0.29) is 12.4 Å². The van der Waals surface area contributed by atoms with Gasteiger partial charge in [0.25, 0.3) is 0 Å². The van der Waals surface area contributed by atoms with Crippen LogP contribution in [0, 0.1) is 20.8 Å². The zero-order valence-corrected chi connectivity index (χ0v) is 15.9. The van der Waals surface area contributed by atoms with E-state index in [9.17, 15) is 9.59 Å². The summed E-state index contributed by atoms with van der Waals surface area (Å²) < 4.78 is 7.35. The van der Waals surface area contributed by atoms with Gasteiger partial charge in [-0.25, -0.2) is 4.79 Å². The lowest BCUT2D eigenvalue weighted by Gasteiger charge is -2.09. The number of hydrogen-bond donors (Lipinski definition) is 0. The highest BCUT2D eigenvalue weighted by Crippen LogP contribution is 2.20. The third-order valence-corrected chi connectivity index (χ3v) is 5.33. The van der Waals surface area contributed by atoms with Gasteiger partial charge in [-0.05, 0) is 49.9 Å². The van der Waals surface area contributed by atoms with Crippen LogP contribution in [0.1, 0.15) is 42.5 Å². The Morgan fingerprint density at radius 1 is 1.04 bits per heavy atom. The lowest BCUT2D eigenvalue weighted by atomic mass is 10.1. The summed E-state index contributed by atoms with van der Waals surface area (Å²) in [7, 11) is 0. The maximum Gasteiger partial charge on any atom is 0.338 e. The SMILES string of the molecule is Cc1ccccc1C(=O)OCC(=O)c1cc(C)n(Cc2cccs2)c1C. The minimum absolute atomic E-state index is 0.183. The third-order valence-electron chi connectivity index (χ3n) is 4.47. The Labute approximate surface area is 157 Å². The van der Waals surface area contributed by atoms with Gasteiger partial charge in [-0.15, -0.1) is 11.3 Å². The summed E-state index contributed by atoms with van der Waals surface area (Å²) in [4.78, 5) is 26.0. The van der Waals surface area contributed by atoms with E-state index in [0.717, 1.165) is 23.5 Å². The molecule has 0 amide bonds. The van der Waals surface area contributed by atoms with E-state index in [1.54, 1.807) is 23.5 Å². The molecule has 3 aromatic rings. The van der Waals surface area contributed by atoms with Gasteiger partial charge in [0, 0.05) is 21.8 Å². The molecular formula is C21H21NO3S. The normalized spacial score (nSPS) is 10.7. The molecule has 5 heteroatoms. The number of ketones is 1. The predicted octanol–water partition coefficient (Wildman–Crippen LogP) is 4.56. The quantitative estimate of drug-likeness (QED) is 0.474. The van der Waals surface area contributed by atoms with Gasteiger partial charge in [0.1, 0.15) is 0 Å². The van der Waals surface area contributed by atoms with E-state index in [0.29, 0.717) is 11.1 Å². The van der Waals surface area contributed by atoms with Crippen LogP contribution >= 0.6 is 11.3 Å². The fraction of sp³-hybridized carbons (Fsp3) is 0.238. The zero-order valence-electron chi connectivity index (χ0n) is 15.1. The second kappa shape index (κ2) is 7.70. The zero-order chi connectivity index (χ0) is 18.7. The molecule has 0 atom stereocenters. The molecule has 0 spiro atoms. The number of carbonyl (C=O) groups is 2. The van der Waals surface area contributed by atoms with Gasteiger partial charge < -0.3 is 9.30 Å². The predicted molar refractivity (Wildman–Crippen MR) is 103 cm³/mol. The summed E-state index contributed by atoms with van der Waals surface area (Å²) in [5.41, 5.74) is 3.84. The summed E-state index contributed by atoms with van der Waals surface area (Å²) in [5.74, 6) is -0.652. The second-order valence-corrected chi connectivity index (χ2v) is 7.30. The molecule has 1 aromatic carbocycles. The van der Waals surface area contributed by atoms with Gasteiger partial charge in [-0.2, -0.15) is 0 Å². The van der Waals surface area contributed by atoms with Crippen LogP contribution in [0.15, 0.2) is 47.8 Å². The monoisotopic (exact) mass is 367 g/mol. The molecule has 0 saturated carbocycles. The Morgan fingerprint density at radius 3 is 2.50 bits per heavy atom. The molecule has 0 aliphatic rings. The number of nitrogens with zero attached hydrogens (tertiary/aromatic N) is 1. The lowest BCUT2D eigenvalue weighted by molar-refractivity contribution is 0.0474. The fourth-order valence-corrected chi connectivity index (χ4v) is 3.67. The van der Waals surface area contributed by atoms with Crippen molar-refractivity contribution in [3.63, 3.8) is 0 Å². The second-order valence-electron chi connectivity index (χ2n) is 6.26. The summed E-state index contributed by atoms with van der Waals surface area (Å²) in [5, 5.41) is 2.04. The Hall–Kier alpha value is -2.66. The van der Waals surface area contributed by atoms with E-state index < -0.39 is 5.97 Å². The van der Waals surface area contributed by atoms with Crippen LogP contribution in [-0.2, 0) is 11.3 Å². The Balaban J connectivity index is 1.70. The fourth-order valence-electron chi connectivity index (χ4n) is 2.97. The summed E-state index contributed by atoms with van der Waals surface area (Å²) >= 11 is 1.69. The molecule has 0 fully saturated rings. The van der Waals surface area contributed by atoms with Crippen molar-refractivity contribution in [2.75, 3.05) is 6.61 Å². The standard InChI is InChI=1S/C21H21NO3S/c1-14-7-4-5-9-18(14)21(24)25-13-20(23)19-11-15(2)22(16(19)3)12-17-8-6-10-26-17/h4-11H,12-13H2,1-3H3. The summed E-state index contributed by atoms with van der Waals surface area (Å²) in [6.07, 6.45) is 0. The molecule has 2 aromatic heterocycles. The van der Waals surface area contributed by atoms with Crippen molar-refractivity contribution in [3.8, 4) is 0 Å². The number of Topliss-reactive ketones (excluding diaryl/α,β-unsaturated/α-hetero) is 1. The Morgan fingerprint density at radius 2 is 1.81 bits per heavy atom. The Kier molecular flexibility index (Phi) is 5.38. The van der Waals surface area contributed by atoms with E-state index in [4.69, 9.17) is 4.74 Å². The maximum absolute atomic E-state index is 12.6. The van der Waals surface area contributed by atoms with Crippen molar-refractivity contribution in [1.29, 1.82) is 0 Å². The van der Waals surface area contributed by atoms with E-state index in [1.165, 1.54) is 4.88 Å². The number of aromatic nitrogens is 1. The van der Waals surface area contributed by atoms with Crippen LogP contribution in [0.5, 0.6) is 0 Å². The molecule has 0 saturated heterocycles. The molecule has 0 radical (unpaired) electrons. The minimum Gasteiger partial charge on any atom is -0.454 e. The number of esters is 1. The van der Waals surface area contributed by atoms with Crippen LogP contribution in [-0.4, -0.2) is 22.9 Å². The highest BCUT2D eigenvalue weighted by Gasteiger charge is 2.18. The van der Waals surface area contributed by atoms with Crippen molar-refractivity contribution in [3.05, 3.63) is 80.8 Å². The lowest BCUT2D eigenvalue weighted by Crippen LogP contribution is -2.15. The van der Waals surface area contributed by atoms with Crippen molar-refractivity contribution >= 4 is 23.1 Å². The largest absolute Gasteiger partial charge is 0.454 e. The molecule has 26 heavy (non-hydrogen) atoms. The molecule has 0 bridgehead atoms. The number of rotatable bonds is 6. The number of benzene rings is 1. The molecule has 0 aliphatic heterocycles. The average molecular weight is 367 g/mol. The van der Waals surface area contributed by atoms with Crippen LogP contribution in [0.25, 0.3) is 0 Å². The molecule has 0 aliphatic carbocycles. The third kappa shape index (κ3) is 3.78. The highest BCUT2D eigenvalue weighted by molar-refractivity contribution is 7.09. The maximum atomic E-state index is 12.6. The van der Waals surface area contributed by atoms with Crippen molar-refractivity contribution in [2.45, 2.75) is 27.3 Å². The van der Waals surface area contributed by atoms with Crippen LogP contribution < -0.4 is 0 Å². The first-order valence-corrected chi connectivity index (χ1v) is 9.30. The summed E-state index contributed by atoms with van der Waals surface area (Å²) in [6.45, 7) is 6.24. The summed E-state index contributed by atoms with van der Waals surface area (Å²) in [6, 6.07) is 13.2. The number of aryl methyl sites for hydroxylation is 2. The van der Waals surface area contributed by atoms with Crippen molar-refractivity contribution < 1.29 is 14.3 Å². The van der Waals surface area contributed by atoms with Gasteiger partial charge in [0.15, 0.2) is 6.61 Å². The van der Waals surface area contributed by atoms with Gasteiger partial charge in [0.05, 0.1) is 12.1 Å². The molecule has 134 valence electrons. The number of hydrogen-bond acceptors (Lipinski definition) is 4. The first-order valence-electron chi connectivity index (χ1n) is 8.42. The molecule has 4 nitrogen and oxygen atoms in total. The van der Waals surface area contributed by atoms with Gasteiger partial charge in [-0.1, -0.05) is 24.3 Å². The molecule has 0 unspecified atom stereocenters. The van der Waals surface area contributed by atoms with Crippen molar-refractivity contribution in [1.82, 2.24) is 4.57 Å². The number of thiophene rings is 1. The highest BCUT2D eigenvalue weighted by atomic mass is 32.1. The first kappa shape index (κ1) is 18.1. The molecule has 2 heterocycles. The van der Waals surface area contributed by atoms with Gasteiger partial charge in [0.2, 0.25) is 5.78 Å². The average Bonchev–Trinajstić information content (AvgIpc) is 3.23. The molecule has 0 N–H and O–H groups in total. The van der Waals surface area contributed by atoms with E-state index >= 15 is 0 Å². The van der Waals surface area contributed by atoms with Gasteiger partial charge in [-0.3, -0.25) is 4.79 Å². The van der Waals surface area contributed by atoms with Crippen LogP contribution in [0.2, 0.25) is 0 Å². The smallest absolute Gasteiger partial charge is 0.338 e. The van der Waals surface area contributed by atoms with Crippen LogP contribution in [0.4, 0.5) is 0 Å². The molecular weight excluding hydrogens is 346 g/mol. The Bertz CT molecular complexity index is 938. The topological polar surface area (TPSA) is 48.3 Å². The van der Waals surface area contributed by atoms with E-state index in [1.807, 2.05) is 50.4 Å². The van der Waals surface area contributed by atoms with Crippen molar-refractivity contribution in [2.24, 2.45) is 0 Å². The first-order chi connectivity index (χ1) is 12.5. The molecule has 3 rings (SSSR count). The number of ether oxygens (including phenoxy) is 1. The van der Waals surface area contributed by atoms with Crippen LogP contribution in [0.3, 0.4) is 0 Å². The minimum atomic E-state index is -0.469. The van der Waals surface area contributed by atoms with E-state index in [2.05, 4.69) is 10.6 Å². The van der Waals surface area contributed by atoms with Gasteiger partial charge >= 0.3 is 5.97 Å². The number of carbonyl (C=O) groups excluding carboxylic acids is 2.